The van der Waals surface area contributed by atoms with Crippen LogP contribution in [0.4, 0.5) is 17.2 Å². The molecule has 3 N–H and O–H groups in total. The van der Waals surface area contributed by atoms with Gasteiger partial charge < -0.3 is 29.7 Å². The molecule has 2 rings (SSSR count). The average molecular weight is 478 g/mol. The molecule has 0 aliphatic rings. The second-order valence-electron chi connectivity index (χ2n) is 6.64. The molecule has 0 fully saturated rings. The Morgan fingerprint density at radius 2 is 2.03 bits per heavy atom. The summed E-state index contributed by atoms with van der Waals surface area (Å²) in [5.41, 5.74) is -0.310. The maximum atomic E-state index is 12.0. The molecule has 2 unspecified atom stereocenters. The highest BCUT2D eigenvalue weighted by atomic mass is 32.2. The van der Waals surface area contributed by atoms with Crippen molar-refractivity contribution in [3.05, 3.63) is 33.9 Å². The lowest BCUT2D eigenvalue weighted by Crippen LogP contribution is -2.32. The Labute approximate surface area is 189 Å². The van der Waals surface area contributed by atoms with E-state index in [0.717, 1.165) is 0 Å². The van der Waals surface area contributed by atoms with Gasteiger partial charge in [0.15, 0.2) is 5.75 Å². The van der Waals surface area contributed by atoms with Crippen molar-refractivity contribution in [1.82, 2.24) is 9.97 Å². The summed E-state index contributed by atoms with van der Waals surface area (Å²) in [5.74, 6) is -4.46. The summed E-state index contributed by atoms with van der Waals surface area (Å²) in [6, 6.07) is 4.46. The van der Waals surface area contributed by atoms with Crippen LogP contribution in [0.15, 0.2) is 23.4 Å². The number of rotatable bonds is 10. The summed E-state index contributed by atoms with van der Waals surface area (Å²) in [5, 5.41) is 41.0. The molecule has 1 aromatic heterocycles. The van der Waals surface area contributed by atoms with Crippen LogP contribution in [0.2, 0.25) is 0 Å². The van der Waals surface area contributed by atoms with E-state index in [4.69, 9.17) is 9.84 Å². The van der Waals surface area contributed by atoms with Gasteiger partial charge in [-0.1, -0.05) is 0 Å². The molecule has 0 amide bonds. The molecule has 0 bridgehead atoms. The van der Waals surface area contributed by atoms with Crippen LogP contribution in [0.1, 0.15) is 12.0 Å². The van der Waals surface area contributed by atoms with Crippen LogP contribution in [-0.2, 0) is 20.8 Å². The number of nitrogens with zero attached hydrogens (tertiary/aromatic N) is 5. The highest BCUT2D eigenvalue weighted by Crippen LogP contribution is 2.39. The summed E-state index contributed by atoms with van der Waals surface area (Å²) >= 11 is -1.88. The Balaban J connectivity index is 2.71. The topological polar surface area (TPSA) is 215 Å². The van der Waals surface area contributed by atoms with Gasteiger partial charge in [0, 0.05) is 31.3 Å². The van der Waals surface area contributed by atoms with Gasteiger partial charge in [-0.25, -0.2) is 4.79 Å². The van der Waals surface area contributed by atoms with Gasteiger partial charge in [0.05, 0.1) is 28.7 Å². The zero-order valence-electron chi connectivity index (χ0n) is 17.5. The van der Waals surface area contributed by atoms with Crippen molar-refractivity contribution in [2.24, 2.45) is 0 Å². The summed E-state index contributed by atoms with van der Waals surface area (Å²) in [6.45, 7) is 0. The Morgan fingerprint density at radius 3 is 2.52 bits per heavy atom. The number of carbonyl (C=O) groups is 2. The normalized spacial score (nSPS) is 12.2. The summed E-state index contributed by atoms with van der Waals surface area (Å²) in [6.07, 6.45) is 0.258. The van der Waals surface area contributed by atoms with Crippen LogP contribution in [0.5, 0.6) is 11.6 Å². The van der Waals surface area contributed by atoms with Crippen molar-refractivity contribution in [3.63, 3.8) is 0 Å². The molecule has 2 aromatic rings. The molecule has 0 saturated carbocycles. The number of anilines is 2. The maximum Gasteiger partial charge on any atom is 0.373 e. The van der Waals surface area contributed by atoms with E-state index in [9.17, 15) is 34.6 Å². The van der Waals surface area contributed by atoms with Gasteiger partial charge in [-0.2, -0.15) is 10.2 Å². The molecule has 0 saturated heterocycles. The number of carboxylic acid groups (broad SMARTS) is 2. The number of nitriles is 1. The predicted octanol–water partition coefficient (Wildman–Crippen LogP) is 1.19. The first-order chi connectivity index (χ1) is 15.4. The second kappa shape index (κ2) is 10.4. The van der Waals surface area contributed by atoms with Gasteiger partial charge >= 0.3 is 28.7 Å². The number of nitrogens with one attached hydrogen (secondary N) is 1. The fourth-order valence-corrected chi connectivity index (χ4v) is 2.99. The first kappa shape index (κ1) is 25.1. The highest BCUT2D eigenvalue weighted by molar-refractivity contribution is 7.90. The van der Waals surface area contributed by atoms with Gasteiger partial charge in [-0.3, -0.25) is 14.9 Å². The van der Waals surface area contributed by atoms with Gasteiger partial charge in [0.25, 0.3) is 0 Å². The minimum absolute atomic E-state index is 0.0000408. The van der Waals surface area contributed by atoms with E-state index in [1.807, 2.05) is 6.07 Å². The molecular weight excluding hydrogens is 460 g/mol. The highest BCUT2D eigenvalue weighted by Gasteiger charge is 2.33. The first-order valence-electron chi connectivity index (χ1n) is 8.94. The van der Waals surface area contributed by atoms with Gasteiger partial charge in [0.1, 0.15) is 12.3 Å². The van der Waals surface area contributed by atoms with Crippen molar-refractivity contribution >= 4 is 40.3 Å². The Kier molecular flexibility index (Phi) is 7.94. The monoisotopic (exact) mass is 478 g/mol. The fourth-order valence-electron chi connectivity index (χ4n) is 2.56. The second-order valence-corrected chi connectivity index (χ2v) is 7.92. The van der Waals surface area contributed by atoms with Crippen LogP contribution < -0.4 is 15.0 Å². The van der Waals surface area contributed by atoms with Gasteiger partial charge in [-0.15, -0.1) is 4.98 Å². The largest absolute Gasteiger partial charge is 0.609 e. The van der Waals surface area contributed by atoms with Crippen LogP contribution in [0.3, 0.4) is 0 Å². The van der Waals surface area contributed by atoms with Crippen LogP contribution in [-0.4, -0.2) is 68.0 Å². The molecule has 174 valence electrons. The van der Waals surface area contributed by atoms with Crippen LogP contribution in [0, 0.1) is 21.4 Å². The first-order valence-corrected chi connectivity index (χ1v) is 10.5. The number of nitro groups is 1. The molecule has 15 heteroatoms. The zero-order valence-corrected chi connectivity index (χ0v) is 18.3. The molecule has 0 spiro atoms. The molecule has 1 aromatic carbocycles. The number of aliphatic carboxylic acids is 2. The summed E-state index contributed by atoms with van der Waals surface area (Å²) in [4.78, 5) is 42.5. The predicted molar refractivity (Wildman–Crippen MR) is 114 cm³/mol. The van der Waals surface area contributed by atoms with Crippen molar-refractivity contribution < 1.29 is 34.0 Å². The van der Waals surface area contributed by atoms with E-state index < -0.39 is 63.0 Å². The maximum absolute atomic E-state index is 12.0. The van der Waals surface area contributed by atoms with Crippen LogP contribution in [0.25, 0.3) is 0 Å². The Bertz CT molecular complexity index is 1130. The Morgan fingerprint density at radius 1 is 1.36 bits per heavy atom. The smallest absolute Gasteiger partial charge is 0.373 e. The lowest BCUT2D eigenvalue weighted by molar-refractivity contribution is -0.385. The van der Waals surface area contributed by atoms with E-state index in [2.05, 4.69) is 15.3 Å². The molecule has 33 heavy (non-hydrogen) atoms. The standard InChI is InChI=1S/C18H18N6O8S/c1-23(2)11-5-4-9(8-19)6-12(11)32-16-14(24(29)30)15(21-18(22-16)33(3)31)20-10(17(27)28)7-13(25)26/h4-6,10H,7H2,1-3H3,(H,25,26)(H,27,28)(H,20,21,22). The molecule has 1 heterocycles. The number of hydrogen-bond donors (Lipinski definition) is 3. The molecule has 0 aliphatic carbocycles. The third-order valence-electron chi connectivity index (χ3n) is 4.04. The minimum atomic E-state index is -1.88. The molecular formula is C18H18N6O8S. The fraction of sp³-hybridized carbons (Fsp3) is 0.278. The Hall–Kier alpha value is -4.16. The average Bonchev–Trinajstić information content (AvgIpc) is 2.71. The van der Waals surface area contributed by atoms with E-state index in [1.165, 1.54) is 24.5 Å². The molecule has 14 nitrogen and oxygen atoms in total. The summed E-state index contributed by atoms with van der Waals surface area (Å²) in [7, 11) is 3.32. The van der Waals surface area contributed by atoms with E-state index >= 15 is 0 Å². The lowest BCUT2D eigenvalue weighted by Gasteiger charge is -2.18. The van der Waals surface area contributed by atoms with Gasteiger partial charge in [-0.05, 0) is 12.1 Å². The zero-order chi connectivity index (χ0) is 24.9. The molecule has 0 radical (unpaired) electrons. The molecule has 0 aliphatic heterocycles. The summed E-state index contributed by atoms with van der Waals surface area (Å²) < 4.78 is 17.7. The number of ether oxygens (including phenoxy) is 1. The van der Waals surface area contributed by atoms with E-state index in [-0.39, 0.29) is 11.3 Å². The van der Waals surface area contributed by atoms with Crippen molar-refractivity contribution in [2.75, 3.05) is 30.6 Å². The number of carboxylic acids is 2. The van der Waals surface area contributed by atoms with E-state index in [0.29, 0.717) is 5.69 Å². The third kappa shape index (κ3) is 6.18. The van der Waals surface area contributed by atoms with Crippen LogP contribution >= 0.6 is 0 Å². The quantitative estimate of drug-likeness (QED) is 0.189. The number of benzene rings is 1. The SMILES string of the molecule is CN(C)c1ccc(C#N)cc1Oc1nc([S+](C)[O-])nc(NC(CC(=O)O)C(=O)O)c1[N+](=O)[O-]. The molecule has 2 atom stereocenters. The lowest BCUT2D eigenvalue weighted by atomic mass is 10.2. The van der Waals surface area contributed by atoms with E-state index in [1.54, 1.807) is 19.0 Å². The van der Waals surface area contributed by atoms with Crippen molar-refractivity contribution in [2.45, 2.75) is 17.6 Å². The minimum Gasteiger partial charge on any atom is -0.609 e. The number of aromatic nitrogens is 2. The van der Waals surface area contributed by atoms with Crippen molar-refractivity contribution in [3.8, 4) is 17.7 Å². The van der Waals surface area contributed by atoms with Gasteiger partial charge in [0.2, 0.25) is 5.82 Å². The van der Waals surface area contributed by atoms with Crippen molar-refractivity contribution in [1.29, 1.82) is 5.26 Å². The third-order valence-corrected chi connectivity index (χ3v) is 4.73. The number of hydrogen-bond acceptors (Lipinski definition) is 11.